The Hall–Kier alpha value is -5.67. The minimum Gasteiger partial charge on any atom is -0.483 e. The number of pyridine rings is 2. The number of carbonyl (C=O) groups is 2. The normalized spacial score (nSPS) is 12.8. The van der Waals surface area contributed by atoms with Gasteiger partial charge in [0, 0.05) is 49.2 Å². The van der Waals surface area contributed by atoms with Gasteiger partial charge in [0.2, 0.25) is 0 Å². The molecule has 0 fully saturated rings. The molecule has 1 aromatic carbocycles. The number of anilines is 1. The van der Waals surface area contributed by atoms with E-state index >= 15 is 0 Å². The third-order valence-electron chi connectivity index (χ3n) is 6.59. The van der Waals surface area contributed by atoms with Crippen LogP contribution in [0.3, 0.4) is 0 Å². The van der Waals surface area contributed by atoms with Crippen LogP contribution in [0.5, 0.6) is 0 Å². The first-order valence-electron chi connectivity index (χ1n) is 12.6. The van der Waals surface area contributed by atoms with E-state index in [-0.39, 0.29) is 29.2 Å². The molecule has 0 saturated heterocycles. The quantitative estimate of drug-likeness (QED) is 0.265. The number of benzene rings is 1. The summed E-state index contributed by atoms with van der Waals surface area (Å²) in [7, 11) is 1.73. The lowest BCUT2D eigenvalue weighted by atomic mass is 9.91. The van der Waals surface area contributed by atoms with Crippen molar-refractivity contribution in [3.63, 3.8) is 0 Å². The van der Waals surface area contributed by atoms with Gasteiger partial charge < -0.3 is 20.7 Å². The van der Waals surface area contributed by atoms with Gasteiger partial charge >= 0.3 is 6.18 Å². The van der Waals surface area contributed by atoms with Crippen molar-refractivity contribution in [2.24, 2.45) is 17.8 Å². The SMILES string of the molecule is Cc1ccc(-c2c(C(F)(F)F)ccnc2C(N)=O)cc1-c1cc2cnc(=Nc3ncn(C)n3)nc-2n2c1NCC2.O=CO. The Kier molecular flexibility index (Phi) is 7.58. The highest BCUT2D eigenvalue weighted by Crippen LogP contribution is 2.42. The molecule has 0 saturated carbocycles. The van der Waals surface area contributed by atoms with Crippen molar-refractivity contribution in [2.45, 2.75) is 19.6 Å². The maximum atomic E-state index is 14.0. The molecule has 43 heavy (non-hydrogen) atoms. The smallest absolute Gasteiger partial charge is 0.417 e. The zero-order valence-electron chi connectivity index (χ0n) is 22.7. The number of rotatable bonds is 4. The number of carboxylic acid groups (broad SMARTS) is 1. The van der Waals surface area contributed by atoms with Gasteiger partial charge in [-0.15, -0.1) is 5.10 Å². The summed E-state index contributed by atoms with van der Waals surface area (Å²) in [6.07, 6.45) is -0.635. The van der Waals surface area contributed by atoms with Crippen molar-refractivity contribution in [2.75, 3.05) is 11.9 Å². The third-order valence-corrected chi connectivity index (χ3v) is 6.59. The minimum absolute atomic E-state index is 0.167. The molecule has 13 nitrogen and oxygen atoms in total. The summed E-state index contributed by atoms with van der Waals surface area (Å²) in [5.74, 6) is 0.552. The Morgan fingerprint density at radius 1 is 1.14 bits per heavy atom. The summed E-state index contributed by atoms with van der Waals surface area (Å²) in [6, 6.07) is 7.57. The molecule has 3 aliphatic heterocycles. The fourth-order valence-corrected chi connectivity index (χ4v) is 4.83. The van der Waals surface area contributed by atoms with Crippen molar-refractivity contribution in [1.82, 2.24) is 34.3 Å². The molecule has 0 spiro atoms. The van der Waals surface area contributed by atoms with Gasteiger partial charge in [-0.3, -0.25) is 19.3 Å². The van der Waals surface area contributed by atoms with Gasteiger partial charge in [0.15, 0.2) is 0 Å². The van der Waals surface area contributed by atoms with Gasteiger partial charge in [-0.2, -0.15) is 28.1 Å². The highest BCUT2D eigenvalue weighted by atomic mass is 19.4. The van der Waals surface area contributed by atoms with Gasteiger partial charge in [-0.1, -0.05) is 12.1 Å². The molecular formula is C27H23F3N10O3. The average Bonchev–Trinajstić information content (AvgIpc) is 3.62. The number of nitrogens with zero attached hydrogens (tertiary/aromatic N) is 8. The number of aromatic nitrogens is 7. The van der Waals surface area contributed by atoms with Crippen LogP contribution in [-0.4, -0.2) is 58.3 Å². The number of hydrogen-bond donors (Lipinski definition) is 3. The summed E-state index contributed by atoms with van der Waals surface area (Å²) in [5, 5.41) is 14.4. The number of nitrogens with two attached hydrogens (primary N) is 1. The Labute approximate surface area is 241 Å². The number of carbonyl (C=O) groups excluding carboxylic acids is 1. The molecule has 0 bridgehead atoms. The number of fused-ring (bicyclic) bond motifs is 3. The zero-order chi connectivity index (χ0) is 30.9. The number of hydrogen-bond acceptors (Lipinski definition) is 9. The van der Waals surface area contributed by atoms with E-state index in [9.17, 15) is 18.0 Å². The van der Waals surface area contributed by atoms with Gasteiger partial charge in [-0.25, -0.2) is 4.98 Å². The molecule has 4 N–H and O–H groups in total. The molecule has 2 aromatic heterocycles. The van der Waals surface area contributed by atoms with E-state index in [4.69, 9.17) is 15.6 Å². The predicted molar refractivity (Wildman–Crippen MR) is 147 cm³/mol. The van der Waals surface area contributed by atoms with Crippen LogP contribution in [0.25, 0.3) is 33.6 Å². The Morgan fingerprint density at radius 3 is 2.56 bits per heavy atom. The first-order chi connectivity index (χ1) is 20.5. The summed E-state index contributed by atoms with van der Waals surface area (Å²) in [5.41, 5.74) is 6.90. The average molecular weight is 593 g/mol. The van der Waals surface area contributed by atoms with Crippen LogP contribution in [0.4, 0.5) is 24.9 Å². The molecule has 0 radical (unpaired) electrons. The molecule has 1 amide bonds. The van der Waals surface area contributed by atoms with Crippen LogP contribution < -0.4 is 16.7 Å². The molecule has 0 aliphatic carbocycles. The highest BCUT2D eigenvalue weighted by Gasteiger charge is 2.36. The molecule has 3 aromatic rings. The zero-order valence-corrected chi connectivity index (χ0v) is 22.7. The second-order valence-electron chi connectivity index (χ2n) is 9.34. The number of nitrogens with one attached hydrogen (secondary N) is 1. The van der Waals surface area contributed by atoms with E-state index in [1.165, 1.54) is 17.1 Å². The van der Waals surface area contributed by atoms with Gasteiger partial charge in [0.25, 0.3) is 23.9 Å². The molecular weight excluding hydrogens is 569 g/mol. The van der Waals surface area contributed by atoms with Crippen molar-refractivity contribution in [3.05, 3.63) is 71.5 Å². The van der Waals surface area contributed by atoms with Crippen molar-refractivity contribution in [1.29, 1.82) is 0 Å². The topological polar surface area (TPSA) is 179 Å². The van der Waals surface area contributed by atoms with Gasteiger partial charge in [0.05, 0.1) is 5.56 Å². The molecule has 5 heterocycles. The number of alkyl halides is 3. The van der Waals surface area contributed by atoms with Crippen molar-refractivity contribution < 1.29 is 27.9 Å². The minimum atomic E-state index is -4.72. The maximum Gasteiger partial charge on any atom is 0.417 e. The second kappa shape index (κ2) is 11.3. The van der Waals surface area contributed by atoms with E-state index < -0.39 is 23.3 Å². The molecule has 0 unspecified atom stereocenters. The largest absolute Gasteiger partial charge is 0.483 e. The third kappa shape index (κ3) is 5.61. The van der Waals surface area contributed by atoms with E-state index in [2.05, 4.69) is 35.3 Å². The van der Waals surface area contributed by atoms with Crippen LogP contribution in [0.15, 0.2) is 54.0 Å². The van der Waals surface area contributed by atoms with E-state index in [1.807, 2.05) is 17.6 Å². The molecule has 16 heteroatoms. The van der Waals surface area contributed by atoms with E-state index in [1.54, 1.807) is 25.4 Å². The lowest BCUT2D eigenvalue weighted by molar-refractivity contribution is -0.137. The lowest BCUT2D eigenvalue weighted by Gasteiger charge is -2.20. The predicted octanol–water partition coefficient (Wildman–Crippen LogP) is 3.03. The van der Waals surface area contributed by atoms with Crippen LogP contribution in [0, 0.1) is 6.92 Å². The van der Waals surface area contributed by atoms with Gasteiger partial charge in [-0.05, 0) is 41.8 Å². The standard InChI is InChI=1S/C26H21F3N10O.CH2O2/c1-13-3-4-14(19-18(26(27,28)29)5-6-31-20(19)21(30)40)9-16(13)17-10-15-11-33-24(36-25-34-12-38(2)37-25)35-22(15)39-8-7-32-23(17)39;2-1-3/h3-6,9-12,32H,7-8H2,1-2H3,(H2,30,40);1H,(H,2,3). The van der Waals surface area contributed by atoms with Crippen LogP contribution in [0.1, 0.15) is 21.6 Å². The summed E-state index contributed by atoms with van der Waals surface area (Å²) >= 11 is 0. The summed E-state index contributed by atoms with van der Waals surface area (Å²) in [4.78, 5) is 41.6. The van der Waals surface area contributed by atoms with Crippen LogP contribution >= 0.6 is 0 Å². The van der Waals surface area contributed by atoms with E-state index in [0.717, 1.165) is 29.2 Å². The monoisotopic (exact) mass is 592 g/mol. The maximum absolute atomic E-state index is 14.0. The number of amides is 1. The first kappa shape index (κ1) is 28.8. The molecule has 3 aliphatic rings. The second-order valence-corrected chi connectivity index (χ2v) is 9.34. The summed E-state index contributed by atoms with van der Waals surface area (Å²) < 4.78 is 45.4. The Bertz CT molecular complexity index is 1900. The number of aryl methyl sites for hydroxylation is 2. The van der Waals surface area contributed by atoms with Crippen molar-refractivity contribution in [3.8, 4) is 33.6 Å². The lowest BCUT2D eigenvalue weighted by Crippen LogP contribution is -2.18. The van der Waals surface area contributed by atoms with Gasteiger partial charge in [0.1, 0.15) is 23.7 Å². The Morgan fingerprint density at radius 2 is 1.88 bits per heavy atom. The van der Waals surface area contributed by atoms with Crippen LogP contribution in [-0.2, 0) is 24.6 Å². The van der Waals surface area contributed by atoms with E-state index in [0.29, 0.717) is 30.0 Å². The van der Waals surface area contributed by atoms with Crippen molar-refractivity contribution >= 4 is 24.1 Å². The Balaban J connectivity index is 0.00000118. The highest BCUT2D eigenvalue weighted by molar-refractivity contribution is 5.99. The van der Waals surface area contributed by atoms with Crippen LogP contribution in [0.2, 0.25) is 0 Å². The summed E-state index contributed by atoms with van der Waals surface area (Å²) in [6.45, 7) is 2.83. The molecule has 0 atom stereocenters. The molecule has 6 rings (SSSR count). The fourth-order valence-electron chi connectivity index (χ4n) is 4.83. The first-order valence-corrected chi connectivity index (χ1v) is 12.6. The fraction of sp³-hybridized carbons (Fsp3) is 0.185. The number of primary amides is 1. The molecule has 220 valence electrons. The number of halogens is 3.